The Morgan fingerprint density at radius 2 is 1.45 bits per heavy atom. The van der Waals surface area contributed by atoms with E-state index in [4.69, 9.17) is 25.7 Å². The zero-order valence-electron chi connectivity index (χ0n) is 22.9. The van der Waals surface area contributed by atoms with Crippen LogP contribution in [0.1, 0.15) is 62.5 Å². The third-order valence-corrected chi connectivity index (χ3v) is 9.16. The molecule has 2 aromatic carbocycles. The molecule has 3 saturated heterocycles. The molecule has 3 fully saturated rings. The maximum absolute atomic E-state index is 14.3. The zero-order chi connectivity index (χ0) is 28.2. The average molecular weight is 551 g/mol. The lowest BCUT2D eigenvalue weighted by Crippen LogP contribution is -2.60. The topological polar surface area (TPSA) is 131 Å². The van der Waals surface area contributed by atoms with Crippen LogP contribution in [0.4, 0.5) is 0 Å². The van der Waals surface area contributed by atoms with Crippen molar-refractivity contribution in [2.75, 3.05) is 19.9 Å². The first-order valence-electron chi connectivity index (χ1n) is 14.4. The number of ether oxygens (including phenoxy) is 3. The molecule has 3 aliphatic rings. The molecule has 3 aliphatic heterocycles. The maximum atomic E-state index is 14.3. The van der Waals surface area contributed by atoms with E-state index in [2.05, 4.69) is 0 Å². The molecule has 2 unspecified atom stereocenters. The van der Waals surface area contributed by atoms with Gasteiger partial charge in [0, 0.05) is 44.9 Å². The number of carbonyl (C=O) groups excluding carboxylic acids is 3. The molecule has 214 valence electrons. The van der Waals surface area contributed by atoms with Crippen LogP contribution in [0.25, 0.3) is 0 Å². The fraction of sp³-hybridized carbons (Fsp3) is 0.516. The highest BCUT2D eigenvalue weighted by molar-refractivity contribution is 5.86. The van der Waals surface area contributed by atoms with Crippen LogP contribution in [0, 0.1) is 0 Å². The van der Waals surface area contributed by atoms with Gasteiger partial charge in [0.15, 0.2) is 6.79 Å². The van der Waals surface area contributed by atoms with Gasteiger partial charge in [0.25, 0.3) is 0 Å². The van der Waals surface area contributed by atoms with Gasteiger partial charge in [-0.3, -0.25) is 9.59 Å². The lowest BCUT2D eigenvalue weighted by molar-refractivity contribution is -0.956. The Kier molecular flexibility index (Phi) is 8.54. The maximum Gasteiger partial charge on any atom is 0.348 e. The summed E-state index contributed by atoms with van der Waals surface area (Å²) in [5, 5.41) is 0. The molecule has 0 saturated carbocycles. The van der Waals surface area contributed by atoms with Gasteiger partial charge in [-0.05, 0) is 17.5 Å². The second kappa shape index (κ2) is 12.1. The van der Waals surface area contributed by atoms with Gasteiger partial charge in [0.05, 0.1) is 25.2 Å². The quantitative estimate of drug-likeness (QED) is 0.250. The number of quaternary nitrogens is 1. The molecule has 3 atom stereocenters. The van der Waals surface area contributed by atoms with Crippen LogP contribution in [0.3, 0.4) is 0 Å². The minimum atomic E-state index is -1.66. The monoisotopic (exact) mass is 550 g/mol. The average Bonchev–Trinajstić information content (AvgIpc) is 3.51. The van der Waals surface area contributed by atoms with Crippen molar-refractivity contribution in [2.24, 2.45) is 11.5 Å². The number of benzene rings is 2. The fourth-order valence-corrected chi connectivity index (χ4v) is 7.21. The highest BCUT2D eigenvalue weighted by atomic mass is 16.7. The minimum Gasteiger partial charge on any atom is -0.459 e. The number of nitrogens with two attached hydrogens (primary N) is 2. The molecule has 9 nitrogen and oxygen atoms in total. The molecular weight excluding hydrogens is 510 g/mol. The molecule has 2 bridgehead atoms. The molecule has 2 aromatic rings. The first kappa shape index (κ1) is 28.3. The van der Waals surface area contributed by atoms with E-state index in [9.17, 15) is 14.4 Å². The number of esters is 2. The van der Waals surface area contributed by atoms with Crippen LogP contribution >= 0.6 is 0 Å². The van der Waals surface area contributed by atoms with Crippen molar-refractivity contribution < 1.29 is 33.1 Å². The molecule has 5 rings (SSSR count). The van der Waals surface area contributed by atoms with Crippen LogP contribution < -0.4 is 11.5 Å². The fourth-order valence-electron chi connectivity index (χ4n) is 7.21. The van der Waals surface area contributed by atoms with Crippen LogP contribution in [0.2, 0.25) is 0 Å². The summed E-state index contributed by atoms with van der Waals surface area (Å²) in [5.41, 5.74) is 10.5. The van der Waals surface area contributed by atoms with E-state index in [1.165, 1.54) is 43.3 Å². The Hall–Kier alpha value is -3.27. The Morgan fingerprint density at radius 1 is 0.900 bits per heavy atom. The summed E-state index contributed by atoms with van der Waals surface area (Å²) in [6.45, 7) is 1.95. The summed E-state index contributed by atoms with van der Waals surface area (Å²) in [5.74, 6) is -1.82. The molecule has 40 heavy (non-hydrogen) atoms. The number of rotatable bonds is 11. The van der Waals surface area contributed by atoms with Gasteiger partial charge in [0.1, 0.15) is 12.1 Å². The lowest BCUT2D eigenvalue weighted by atomic mass is 9.85. The molecule has 0 aliphatic carbocycles. The number of amides is 1. The van der Waals surface area contributed by atoms with E-state index >= 15 is 0 Å². The van der Waals surface area contributed by atoms with Gasteiger partial charge in [-0.15, -0.1) is 0 Å². The number of hydrogen-bond donors (Lipinski definition) is 2. The predicted octanol–water partition coefficient (Wildman–Crippen LogP) is 2.89. The van der Waals surface area contributed by atoms with Gasteiger partial charge >= 0.3 is 11.9 Å². The highest BCUT2D eigenvalue weighted by Crippen LogP contribution is 2.47. The van der Waals surface area contributed by atoms with E-state index in [-0.39, 0.29) is 18.9 Å². The van der Waals surface area contributed by atoms with Crippen molar-refractivity contribution in [1.29, 1.82) is 0 Å². The molecule has 3 heterocycles. The van der Waals surface area contributed by atoms with Crippen LogP contribution in [0.15, 0.2) is 60.7 Å². The van der Waals surface area contributed by atoms with Crippen molar-refractivity contribution in [1.82, 2.24) is 0 Å². The van der Waals surface area contributed by atoms with Gasteiger partial charge in [-0.2, -0.15) is 0 Å². The summed E-state index contributed by atoms with van der Waals surface area (Å²) < 4.78 is 19.1. The van der Waals surface area contributed by atoms with Crippen molar-refractivity contribution in [3.8, 4) is 0 Å². The molecule has 1 amide bonds. The van der Waals surface area contributed by atoms with Gasteiger partial charge in [0.2, 0.25) is 11.5 Å². The predicted molar refractivity (Wildman–Crippen MR) is 147 cm³/mol. The van der Waals surface area contributed by atoms with E-state index in [0.717, 1.165) is 12.8 Å². The minimum absolute atomic E-state index is 0.0369. The Labute approximate surface area is 235 Å². The van der Waals surface area contributed by atoms with Crippen LogP contribution in [0.5, 0.6) is 0 Å². The smallest absolute Gasteiger partial charge is 0.348 e. The van der Waals surface area contributed by atoms with Gasteiger partial charge < -0.3 is 30.2 Å². The lowest BCUT2D eigenvalue weighted by Gasteiger charge is -2.47. The number of primary amides is 1. The standard InChI is InChI=1S/C31H39N3O6/c32-27(15-16-28(33)35)29(36)38-21-39-31(22-9-3-1-4-10-22,23-11-5-2-6-12-23)30(37)40-26-19-24-13-14-25(20-26)34(24)17-7-8-18-34/h1-6,9-12,24-27H,7-8,13-21,32H2,(H-,33,35)/p+1/t24?,25?,26?,27-/m0/s1. The molecule has 4 N–H and O–H groups in total. The SMILES string of the molecule is NC(=O)CC[C@H](N)C(=O)OCOC(C(=O)OC1CC2CCC(C1)[N+]21CCCC1)(c1ccccc1)c1ccccc1. The summed E-state index contributed by atoms with van der Waals surface area (Å²) >= 11 is 0. The van der Waals surface area contributed by atoms with Crippen molar-refractivity contribution in [2.45, 2.75) is 81.2 Å². The molecule has 0 aromatic heterocycles. The normalized spacial score (nSPS) is 24.0. The highest BCUT2D eigenvalue weighted by Gasteiger charge is 2.57. The second-order valence-corrected chi connectivity index (χ2v) is 11.4. The van der Waals surface area contributed by atoms with Gasteiger partial charge in [-0.25, -0.2) is 4.79 Å². The van der Waals surface area contributed by atoms with E-state index in [1.807, 2.05) is 60.7 Å². The Balaban J connectivity index is 1.38. The third kappa shape index (κ3) is 5.50. The van der Waals surface area contributed by atoms with Crippen LogP contribution in [-0.4, -0.2) is 66.4 Å². The van der Waals surface area contributed by atoms with Gasteiger partial charge in [-0.1, -0.05) is 60.7 Å². The zero-order valence-corrected chi connectivity index (χ0v) is 22.9. The number of hydrogen-bond acceptors (Lipinski definition) is 7. The summed E-state index contributed by atoms with van der Waals surface area (Å²) in [6.07, 6.45) is 6.45. The summed E-state index contributed by atoms with van der Waals surface area (Å²) in [7, 11) is 0. The van der Waals surface area contributed by atoms with Crippen molar-refractivity contribution in [3.05, 3.63) is 71.8 Å². The van der Waals surface area contributed by atoms with E-state index in [1.54, 1.807) is 0 Å². The van der Waals surface area contributed by atoms with E-state index in [0.29, 0.717) is 23.2 Å². The summed E-state index contributed by atoms with van der Waals surface area (Å²) in [6, 6.07) is 18.3. The summed E-state index contributed by atoms with van der Waals surface area (Å²) in [4.78, 5) is 37.9. The first-order valence-corrected chi connectivity index (χ1v) is 14.4. The number of carbonyl (C=O) groups is 3. The van der Waals surface area contributed by atoms with Crippen LogP contribution in [-0.2, 0) is 34.2 Å². The number of nitrogens with zero attached hydrogens (tertiary/aromatic N) is 1. The Morgan fingerprint density at radius 3 is 1.98 bits per heavy atom. The molecular formula is C31H40N3O6+. The molecule has 9 heteroatoms. The first-order chi connectivity index (χ1) is 19.3. The van der Waals surface area contributed by atoms with E-state index < -0.39 is 36.3 Å². The third-order valence-electron chi connectivity index (χ3n) is 9.16. The number of piperidine rings is 1. The largest absolute Gasteiger partial charge is 0.459 e. The van der Waals surface area contributed by atoms with Crippen molar-refractivity contribution in [3.63, 3.8) is 0 Å². The van der Waals surface area contributed by atoms with Crippen molar-refractivity contribution >= 4 is 17.8 Å². The molecule has 1 spiro atoms. The Bertz CT molecular complexity index is 1130. The molecule has 0 radical (unpaired) electrons. The second-order valence-electron chi connectivity index (χ2n) is 11.4.